The topological polar surface area (TPSA) is 45.2 Å². The fourth-order valence-corrected chi connectivity index (χ4v) is 4.62. The number of piperidine rings is 1. The highest BCUT2D eigenvalue weighted by Crippen LogP contribution is 2.33. The number of nitrogens with zero attached hydrogens (tertiary/aromatic N) is 2. The molecule has 4 rings (SSSR count). The summed E-state index contributed by atoms with van der Waals surface area (Å²) >= 11 is 1.64. The number of halogens is 3. The molecule has 4 nitrogen and oxygen atoms in total. The number of hydrogen-bond donors (Lipinski definition) is 1. The zero-order valence-electron chi connectivity index (χ0n) is 15.8. The van der Waals surface area contributed by atoms with E-state index < -0.39 is 11.7 Å². The maximum Gasteiger partial charge on any atom is 0.416 e. The van der Waals surface area contributed by atoms with Gasteiger partial charge < -0.3 is 10.2 Å². The van der Waals surface area contributed by atoms with Gasteiger partial charge in [0.15, 0.2) is 5.13 Å². The molecule has 1 aromatic heterocycles. The van der Waals surface area contributed by atoms with Gasteiger partial charge in [-0.05, 0) is 55.7 Å². The third-order valence-electron chi connectivity index (χ3n) is 5.13. The van der Waals surface area contributed by atoms with Gasteiger partial charge in [-0.15, -0.1) is 0 Å². The van der Waals surface area contributed by atoms with Gasteiger partial charge in [0, 0.05) is 24.7 Å². The van der Waals surface area contributed by atoms with Crippen molar-refractivity contribution in [3.8, 4) is 0 Å². The quantitative estimate of drug-likeness (QED) is 0.612. The number of hydrogen-bond acceptors (Lipinski definition) is 4. The molecule has 0 bridgehead atoms. The van der Waals surface area contributed by atoms with Gasteiger partial charge in [0.25, 0.3) is 0 Å². The van der Waals surface area contributed by atoms with Crippen LogP contribution in [0.2, 0.25) is 0 Å². The summed E-state index contributed by atoms with van der Waals surface area (Å²) in [6.07, 6.45) is -3.15. The lowest BCUT2D eigenvalue weighted by Gasteiger charge is -2.31. The number of benzene rings is 2. The molecular formula is C21H20F3N3OS. The lowest BCUT2D eigenvalue weighted by Crippen LogP contribution is -2.38. The molecule has 0 unspecified atom stereocenters. The highest BCUT2D eigenvalue weighted by Gasteiger charge is 2.31. The van der Waals surface area contributed by atoms with E-state index in [0.29, 0.717) is 25.9 Å². The number of rotatable bonds is 3. The van der Waals surface area contributed by atoms with Gasteiger partial charge in [-0.3, -0.25) is 4.79 Å². The SMILES string of the molecule is Cc1ccc2nc(N3CCC(C(=O)Nc4cccc(C(F)(F)F)c4)CC3)sc2c1. The molecule has 2 heterocycles. The first-order valence-corrected chi connectivity index (χ1v) is 10.2. The zero-order chi connectivity index (χ0) is 20.6. The average Bonchev–Trinajstić information content (AvgIpc) is 3.11. The summed E-state index contributed by atoms with van der Waals surface area (Å²) in [6.45, 7) is 3.44. The molecule has 1 aliphatic heterocycles. The Kier molecular flexibility index (Phi) is 5.21. The number of aryl methyl sites for hydroxylation is 1. The van der Waals surface area contributed by atoms with Gasteiger partial charge in [-0.1, -0.05) is 23.5 Å². The number of anilines is 2. The summed E-state index contributed by atoms with van der Waals surface area (Å²) in [6, 6.07) is 10.9. The van der Waals surface area contributed by atoms with E-state index in [1.54, 1.807) is 11.3 Å². The Morgan fingerprint density at radius 3 is 2.66 bits per heavy atom. The Balaban J connectivity index is 1.38. The van der Waals surface area contributed by atoms with Crippen LogP contribution in [0.5, 0.6) is 0 Å². The standard InChI is InChI=1S/C21H20F3N3OS/c1-13-5-6-17-18(11-13)29-20(26-17)27-9-7-14(8-10-27)19(28)25-16-4-2-3-15(12-16)21(22,23)24/h2-6,11-12,14H,7-10H2,1H3,(H,25,28). The van der Waals surface area contributed by atoms with Crippen LogP contribution in [0.4, 0.5) is 24.0 Å². The fourth-order valence-electron chi connectivity index (χ4n) is 3.51. The van der Waals surface area contributed by atoms with Crippen molar-refractivity contribution >= 4 is 38.3 Å². The molecule has 1 fully saturated rings. The molecule has 2 aromatic carbocycles. The van der Waals surface area contributed by atoms with Crippen LogP contribution in [0.15, 0.2) is 42.5 Å². The Morgan fingerprint density at radius 1 is 1.17 bits per heavy atom. The first-order chi connectivity index (χ1) is 13.8. The van der Waals surface area contributed by atoms with Crippen molar-refractivity contribution in [2.75, 3.05) is 23.3 Å². The van der Waals surface area contributed by atoms with Crippen LogP contribution >= 0.6 is 11.3 Å². The highest BCUT2D eigenvalue weighted by atomic mass is 32.1. The molecule has 1 N–H and O–H groups in total. The first-order valence-electron chi connectivity index (χ1n) is 9.40. The van der Waals surface area contributed by atoms with Crippen molar-refractivity contribution in [1.29, 1.82) is 0 Å². The van der Waals surface area contributed by atoms with Gasteiger partial charge in [0.2, 0.25) is 5.91 Å². The number of carbonyl (C=O) groups excluding carboxylic acids is 1. The number of carbonyl (C=O) groups is 1. The summed E-state index contributed by atoms with van der Waals surface area (Å²) in [5.41, 5.74) is 1.57. The van der Waals surface area contributed by atoms with Gasteiger partial charge >= 0.3 is 6.18 Å². The second kappa shape index (κ2) is 7.67. The molecule has 1 saturated heterocycles. The molecule has 29 heavy (non-hydrogen) atoms. The Morgan fingerprint density at radius 2 is 1.93 bits per heavy atom. The minimum atomic E-state index is -4.43. The zero-order valence-corrected chi connectivity index (χ0v) is 16.6. The number of thiazole rings is 1. The number of alkyl halides is 3. The summed E-state index contributed by atoms with van der Waals surface area (Å²) in [4.78, 5) is 19.4. The Bertz CT molecular complexity index is 1040. The predicted octanol–water partition coefficient (Wildman–Crippen LogP) is 5.48. The van der Waals surface area contributed by atoms with Crippen molar-refractivity contribution in [1.82, 2.24) is 4.98 Å². The van der Waals surface area contributed by atoms with E-state index in [1.807, 2.05) is 19.1 Å². The van der Waals surface area contributed by atoms with Crippen molar-refractivity contribution in [2.24, 2.45) is 5.92 Å². The maximum atomic E-state index is 12.8. The molecule has 152 valence electrons. The van der Waals surface area contributed by atoms with Crippen molar-refractivity contribution in [3.05, 3.63) is 53.6 Å². The molecule has 0 atom stereocenters. The first kappa shape index (κ1) is 19.7. The smallest absolute Gasteiger partial charge is 0.348 e. The Labute approximate surface area is 170 Å². The molecule has 3 aromatic rings. The second-order valence-electron chi connectivity index (χ2n) is 7.30. The molecule has 0 spiro atoms. The minimum Gasteiger partial charge on any atom is -0.348 e. The number of aromatic nitrogens is 1. The molecular weight excluding hydrogens is 399 g/mol. The normalized spacial score (nSPS) is 15.7. The van der Waals surface area contributed by atoms with E-state index in [9.17, 15) is 18.0 Å². The molecule has 8 heteroatoms. The van der Waals surface area contributed by atoms with Crippen LogP contribution in [-0.2, 0) is 11.0 Å². The fraction of sp³-hybridized carbons (Fsp3) is 0.333. The summed E-state index contributed by atoms with van der Waals surface area (Å²) in [7, 11) is 0. The van der Waals surface area contributed by atoms with Crippen LogP contribution in [0.25, 0.3) is 10.2 Å². The van der Waals surface area contributed by atoms with E-state index in [1.165, 1.54) is 17.7 Å². The van der Waals surface area contributed by atoms with E-state index in [-0.39, 0.29) is 17.5 Å². The monoisotopic (exact) mass is 419 g/mol. The number of fused-ring (bicyclic) bond motifs is 1. The highest BCUT2D eigenvalue weighted by molar-refractivity contribution is 7.22. The van der Waals surface area contributed by atoms with E-state index in [2.05, 4.69) is 21.3 Å². The van der Waals surface area contributed by atoms with Gasteiger partial charge in [0.05, 0.1) is 15.8 Å². The second-order valence-corrected chi connectivity index (χ2v) is 8.31. The van der Waals surface area contributed by atoms with Crippen molar-refractivity contribution in [3.63, 3.8) is 0 Å². The van der Waals surface area contributed by atoms with Crippen molar-refractivity contribution in [2.45, 2.75) is 25.9 Å². The number of nitrogens with one attached hydrogen (secondary N) is 1. The van der Waals surface area contributed by atoms with Gasteiger partial charge in [0.1, 0.15) is 0 Å². The summed E-state index contributed by atoms with van der Waals surface area (Å²) in [5, 5.41) is 3.58. The summed E-state index contributed by atoms with van der Waals surface area (Å²) < 4.78 is 39.7. The minimum absolute atomic E-state index is 0.175. The lowest BCUT2D eigenvalue weighted by molar-refractivity contribution is -0.137. The van der Waals surface area contributed by atoms with Crippen LogP contribution in [-0.4, -0.2) is 24.0 Å². The van der Waals surface area contributed by atoms with Crippen LogP contribution in [0, 0.1) is 12.8 Å². The van der Waals surface area contributed by atoms with Crippen LogP contribution in [0.1, 0.15) is 24.0 Å². The van der Waals surface area contributed by atoms with Crippen LogP contribution < -0.4 is 10.2 Å². The largest absolute Gasteiger partial charge is 0.416 e. The third-order valence-corrected chi connectivity index (χ3v) is 6.21. The molecule has 0 aliphatic carbocycles. The third kappa shape index (κ3) is 4.37. The van der Waals surface area contributed by atoms with E-state index >= 15 is 0 Å². The molecule has 0 saturated carbocycles. The van der Waals surface area contributed by atoms with Crippen LogP contribution in [0.3, 0.4) is 0 Å². The maximum absolute atomic E-state index is 12.8. The van der Waals surface area contributed by atoms with Gasteiger partial charge in [-0.25, -0.2) is 4.98 Å². The summed E-state index contributed by atoms with van der Waals surface area (Å²) in [5.74, 6) is -0.457. The van der Waals surface area contributed by atoms with E-state index in [4.69, 9.17) is 0 Å². The van der Waals surface area contributed by atoms with E-state index in [0.717, 1.165) is 27.5 Å². The number of amides is 1. The predicted molar refractivity (Wildman–Crippen MR) is 109 cm³/mol. The molecule has 0 radical (unpaired) electrons. The lowest BCUT2D eigenvalue weighted by atomic mass is 9.96. The Hall–Kier alpha value is -2.61. The molecule has 1 amide bonds. The average molecular weight is 419 g/mol. The van der Waals surface area contributed by atoms with Crippen molar-refractivity contribution < 1.29 is 18.0 Å². The van der Waals surface area contributed by atoms with Gasteiger partial charge in [-0.2, -0.15) is 13.2 Å². The molecule has 1 aliphatic rings.